The normalized spacial score (nSPS) is 11.3. The molecule has 0 aliphatic rings. The molecule has 0 saturated carbocycles. The predicted octanol–water partition coefficient (Wildman–Crippen LogP) is 2.61. The molecule has 0 amide bonds. The van der Waals surface area contributed by atoms with E-state index in [4.69, 9.17) is 10.5 Å². The maximum atomic E-state index is 12.7. The molecule has 22 heavy (non-hydrogen) atoms. The summed E-state index contributed by atoms with van der Waals surface area (Å²) in [4.78, 5) is 15.7. The fourth-order valence-electron chi connectivity index (χ4n) is 2.03. The second-order valence-corrected chi connectivity index (χ2v) is 4.32. The van der Waals surface area contributed by atoms with Crippen molar-refractivity contribution in [1.29, 1.82) is 0 Å². The highest BCUT2D eigenvalue weighted by molar-refractivity contribution is 5.94. The zero-order chi connectivity index (χ0) is 15.6. The number of esters is 1. The van der Waals surface area contributed by atoms with Gasteiger partial charge in [-0.15, -0.1) is 12.4 Å². The number of carbonyl (C=O) groups is 1. The number of fused-ring (bicyclic) bond motifs is 1. The molecule has 2 aromatic heterocycles. The standard InChI is InChI=1S/C13H14F3N3O2.ClH/c1-2-21-12(20)10-6-8-5-9(13(14,15)16)7-18-11(8)19(10)4-3-17;/h5-7H,2-4,17H2,1H3;1H. The molecule has 0 aromatic carbocycles. The van der Waals surface area contributed by atoms with Crippen LogP contribution < -0.4 is 5.73 Å². The van der Waals surface area contributed by atoms with Crippen LogP contribution in [0.4, 0.5) is 13.2 Å². The Morgan fingerprint density at radius 2 is 2.09 bits per heavy atom. The van der Waals surface area contributed by atoms with Crippen LogP contribution in [0.2, 0.25) is 0 Å². The van der Waals surface area contributed by atoms with Crippen LogP contribution in [0.25, 0.3) is 11.0 Å². The largest absolute Gasteiger partial charge is 0.461 e. The third-order valence-corrected chi connectivity index (χ3v) is 2.90. The van der Waals surface area contributed by atoms with Gasteiger partial charge in [-0.1, -0.05) is 0 Å². The minimum absolute atomic E-state index is 0. The fraction of sp³-hybridized carbons (Fsp3) is 0.385. The maximum Gasteiger partial charge on any atom is 0.417 e. The van der Waals surface area contributed by atoms with Gasteiger partial charge in [0.1, 0.15) is 11.3 Å². The van der Waals surface area contributed by atoms with Gasteiger partial charge in [-0.05, 0) is 19.1 Å². The highest BCUT2D eigenvalue weighted by Crippen LogP contribution is 2.31. The molecule has 2 rings (SSSR count). The van der Waals surface area contributed by atoms with Gasteiger partial charge in [-0.2, -0.15) is 13.2 Å². The highest BCUT2D eigenvalue weighted by atomic mass is 35.5. The van der Waals surface area contributed by atoms with Crippen molar-refractivity contribution in [2.75, 3.05) is 13.2 Å². The average molecular weight is 338 g/mol. The van der Waals surface area contributed by atoms with Gasteiger partial charge in [0, 0.05) is 24.7 Å². The number of pyridine rings is 1. The van der Waals surface area contributed by atoms with Crippen molar-refractivity contribution >= 4 is 29.4 Å². The number of aromatic nitrogens is 2. The number of carbonyl (C=O) groups excluding carboxylic acids is 1. The van der Waals surface area contributed by atoms with E-state index in [0.717, 1.165) is 12.3 Å². The topological polar surface area (TPSA) is 70.1 Å². The summed E-state index contributed by atoms with van der Waals surface area (Å²) in [7, 11) is 0. The number of hydrogen-bond acceptors (Lipinski definition) is 4. The van der Waals surface area contributed by atoms with Crippen LogP contribution in [0.3, 0.4) is 0 Å². The number of rotatable bonds is 4. The van der Waals surface area contributed by atoms with Gasteiger partial charge >= 0.3 is 12.1 Å². The summed E-state index contributed by atoms with van der Waals surface area (Å²) in [6.07, 6.45) is -3.74. The summed E-state index contributed by atoms with van der Waals surface area (Å²) < 4.78 is 44.4. The highest BCUT2D eigenvalue weighted by Gasteiger charge is 2.31. The summed E-state index contributed by atoms with van der Waals surface area (Å²) >= 11 is 0. The van der Waals surface area contributed by atoms with E-state index in [2.05, 4.69) is 4.98 Å². The van der Waals surface area contributed by atoms with Gasteiger partial charge in [0.05, 0.1) is 12.2 Å². The number of hydrogen-bond donors (Lipinski definition) is 1. The predicted molar refractivity (Wildman–Crippen MR) is 77.0 cm³/mol. The van der Waals surface area contributed by atoms with Crippen LogP contribution in [-0.4, -0.2) is 28.7 Å². The number of nitrogens with zero attached hydrogens (tertiary/aromatic N) is 2. The minimum atomic E-state index is -4.48. The van der Waals surface area contributed by atoms with Gasteiger partial charge in [0.25, 0.3) is 0 Å². The second kappa shape index (κ2) is 6.97. The Morgan fingerprint density at radius 3 is 2.64 bits per heavy atom. The number of halogens is 4. The molecule has 5 nitrogen and oxygen atoms in total. The van der Waals surface area contributed by atoms with Crippen molar-refractivity contribution in [2.24, 2.45) is 5.73 Å². The Labute approximate surface area is 130 Å². The van der Waals surface area contributed by atoms with E-state index in [0.29, 0.717) is 0 Å². The summed E-state index contributed by atoms with van der Waals surface area (Å²) in [5, 5.41) is 0.223. The molecule has 0 aliphatic heterocycles. The van der Waals surface area contributed by atoms with Crippen LogP contribution in [0.15, 0.2) is 18.3 Å². The molecule has 0 fully saturated rings. The zero-order valence-corrected chi connectivity index (χ0v) is 12.5. The Bertz CT molecular complexity index is 670. The minimum Gasteiger partial charge on any atom is -0.461 e. The molecular weight excluding hydrogens is 323 g/mol. The number of alkyl halides is 3. The van der Waals surface area contributed by atoms with Crippen molar-refractivity contribution in [3.63, 3.8) is 0 Å². The molecule has 2 aromatic rings. The van der Waals surface area contributed by atoms with E-state index in [1.54, 1.807) is 6.92 Å². The summed E-state index contributed by atoms with van der Waals surface area (Å²) in [6.45, 7) is 2.30. The summed E-state index contributed by atoms with van der Waals surface area (Å²) in [6, 6.07) is 2.29. The summed E-state index contributed by atoms with van der Waals surface area (Å²) in [5.74, 6) is -0.613. The lowest BCUT2D eigenvalue weighted by molar-refractivity contribution is -0.137. The van der Waals surface area contributed by atoms with Gasteiger partial charge in [0.2, 0.25) is 0 Å². The van der Waals surface area contributed by atoms with E-state index in [1.165, 1.54) is 10.6 Å². The van der Waals surface area contributed by atoms with Crippen LogP contribution in [0.5, 0.6) is 0 Å². The van der Waals surface area contributed by atoms with Crippen molar-refractivity contribution in [3.05, 3.63) is 29.6 Å². The molecule has 2 N–H and O–H groups in total. The van der Waals surface area contributed by atoms with Gasteiger partial charge in [-0.25, -0.2) is 9.78 Å². The maximum absolute atomic E-state index is 12.7. The molecule has 0 bridgehead atoms. The Hall–Kier alpha value is -1.80. The Kier molecular flexibility index (Phi) is 5.78. The van der Waals surface area contributed by atoms with Crippen molar-refractivity contribution in [2.45, 2.75) is 19.6 Å². The van der Waals surface area contributed by atoms with E-state index in [9.17, 15) is 18.0 Å². The molecule has 0 atom stereocenters. The lowest BCUT2D eigenvalue weighted by Gasteiger charge is -2.09. The first-order chi connectivity index (χ1) is 9.88. The molecule has 9 heteroatoms. The molecule has 0 spiro atoms. The zero-order valence-electron chi connectivity index (χ0n) is 11.7. The monoisotopic (exact) mass is 337 g/mol. The first-order valence-electron chi connectivity index (χ1n) is 6.32. The summed E-state index contributed by atoms with van der Waals surface area (Å²) in [5.41, 5.74) is 5.02. The second-order valence-electron chi connectivity index (χ2n) is 4.32. The lowest BCUT2D eigenvalue weighted by atomic mass is 10.2. The van der Waals surface area contributed by atoms with E-state index < -0.39 is 17.7 Å². The average Bonchev–Trinajstić information content (AvgIpc) is 2.77. The van der Waals surface area contributed by atoms with E-state index in [1.807, 2.05) is 0 Å². The fourth-order valence-corrected chi connectivity index (χ4v) is 2.03. The van der Waals surface area contributed by atoms with Crippen LogP contribution in [0, 0.1) is 0 Å². The Balaban J connectivity index is 0.00000242. The third kappa shape index (κ3) is 3.50. The molecular formula is C13H15ClF3N3O2. The SMILES string of the molecule is CCOC(=O)c1cc2cc(C(F)(F)F)cnc2n1CCN.Cl. The lowest BCUT2D eigenvalue weighted by Crippen LogP contribution is -2.17. The van der Waals surface area contributed by atoms with Gasteiger partial charge < -0.3 is 15.0 Å². The van der Waals surface area contributed by atoms with E-state index >= 15 is 0 Å². The number of ether oxygens (including phenoxy) is 1. The van der Waals surface area contributed by atoms with Crippen LogP contribution in [-0.2, 0) is 17.5 Å². The molecule has 2 heterocycles. The molecule has 0 saturated heterocycles. The molecule has 0 radical (unpaired) electrons. The first kappa shape index (κ1) is 18.2. The molecule has 0 aliphatic carbocycles. The smallest absolute Gasteiger partial charge is 0.417 e. The van der Waals surface area contributed by atoms with Crippen LogP contribution >= 0.6 is 12.4 Å². The van der Waals surface area contributed by atoms with Crippen LogP contribution in [0.1, 0.15) is 23.0 Å². The van der Waals surface area contributed by atoms with Gasteiger partial charge in [0.15, 0.2) is 0 Å². The number of nitrogens with two attached hydrogens (primary N) is 1. The van der Waals surface area contributed by atoms with Crippen molar-refractivity contribution in [1.82, 2.24) is 9.55 Å². The van der Waals surface area contributed by atoms with Gasteiger partial charge in [-0.3, -0.25) is 0 Å². The molecule has 122 valence electrons. The molecule has 0 unspecified atom stereocenters. The van der Waals surface area contributed by atoms with E-state index in [-0.39, 0.29) is 48.8 Å². The quantitative estimate of drug-likeness (QED) is 0.871. The first-order valence-corrected chi connectivity index (χ1v) is 6.32. The third-order valence-electron chi connectivity index (χ3n) is 2.90. The Morgan fingerprint density at radius 1 is 1.41 bits per heavy atom. The van der Waals surface area contributed by atoms with Crippen molar-refractivity contribution < 1.29 is 22.7 Å². The van der Waals surface area contributed by atoms with Crippen molar-refractivity contribution in [3.8, 4) is 0 Å².